The first-order valence-electron chi connectivity index (χ1n) is 6.32. The molecule has 2 aromatic rings. The molecule has 2 rings (SSSR count). The van der Waals surface area contributed by atoms with Crippen LogP contribution in [0.25, 0.3) is 0 Å². The summed E-state index contributed by atoms with van der Waals surface area (Å²) < 4.78 is 18.1. The van der Waals surface area contributed by atoms with Gasteiger partial charge in [-0.15, -0.1) is 0 Å². The van der Waals surface area contributed by atoms with Crippen molar-refractivity contribution < 1.29 is 18.4 Å². The van der Waals surface area contributed by atoms with Gasteiger partial charge in [0, 0.05) is 12.7 Å². The summed E-state index contributed by atoms with van der Waals surface area (Å²) in [5.41, 5.74) is 1.13. The van der Waals surface area contributed by atoms with Crippen molar-refractivity contribution in [1.29, 1.82) is 0 Å². The third-order valence-corrected chi connectivity index (χ3v) is 2.93. The molecular formula is C15H15FN2O3. The van der Waals surface area contributed by atoms with Crippen molar-refractivity contribution in [2.75, 3.05) is 18.9 Å². The van der Waals surface area contributed by atoms with Gasteiger partial charge in [-0.3, -0.25) is 9.59 Å². The van der Waals surface area contributed by atoms with E-state index in [-0.39, 0.29) is 12.3 Å². The Hall–Kier alpha value is -2.63. The summed E-state index contributed by atoms with van der Waals surface area (Å²) in [6.07, 6.45) is 1.39. The average molecular weight is 290 g/mol. The number of likely N-dealkylation sites (N-methyl/N-ethyl adjacent to an activating group) is 1. The average Bonchev–Trinajstić information content (AvgIpc) is 2.96. The number of benzene rings is 1. The predicted octanol–water partition coefficient (Wildman–Crippen LogP) is 2.44. The van der Waals surface area contributed by atoms with Gasteiger partial charge < -0.3 is 14.6 Å². The lowest BCUT2D eigenvalue weighted by atomic mass is 10.2. The first kappa shape index (κ1) is 14.8. The monoisotopic (exact) mass is 290 g/mol. The number of anilines is 1. The fraction of sp³-hybridized carbons (Fsp3) is 0.200. The minimum Gasteiger partial charge on any atom is -0.459 e. The highest BCUT2D eigenvalue weighted by atomic mass is 19.1. The van der Waals surface area contributed by atoms with E-state index in [0.29, 0.717) is 5.69 Å². The zero-order valence-corrected chi connectivity index (χ0v) is 11.7. The molecule has 0 unspecified atom stereocenters. The van der Waals surface area contributed by atoms with Gasteiger partial charge in [0.2, 0.25) is 5.91 Å². The largest absolute Gasteiger partial charge is 0.459 e. The highest BCUT2D eigenvalue weighted by Gasteiger charge is 2.17. The molecule has 110 valence electrons. The fourth-order valence-corrected chi connectivity index (χ4v) is 1.79. The third kappa shape index (κ3) is 3.68. The van der Waals surface area contributed by atoms with E-state index in [9.17, 15) is 14.0 Å². The molecule has 0 radical (unpaired) electrons. The second-order valence-electron chi connectivity index (χ2n) is 4.65. The molecule has 0 bridgehead atoms. The summed E-state index contributed by atoms with van der Waals surface area (Å²) >= 11 is 0. The molecule has 0 saturated carbocycles. The van der Waals surface area contributed by atoms with Gasteiger partial charge in [0.15, 0.2) is 5.76 Å². The topological polar surface area (TPSA) is 62.6 Å². The van der Waals surface area contributed by atoms with E-state index < -0.39 is 17.6 Å². The van der Waals surface area contributed by atoms with Gasteiger partial charge >= 0.3 is 0 Å². The first-order valence-corrected chi connectivity index (χ1v) is 6.32. The molecule has 0 aliphatic rings. The lowest BCUT2D eigenvalue weighted by Crippen LogP contribution is -2.34. The lowest BCUT2D eigenvalue weighted by molar-refractivity contribution is -0.116. The number of hydrogen-bond acceptors (Lipinski definition) is 3. The van der Waals surface area contributed by atoms with Gasteiger partial charge in [0.1, 0.15) is 5.82 Å². The highest BCUT2D eigenvalue weighted by Crippen LogP contribution is 2.16. The Kier molecular flexibility index (Phi) is 4.37. The number of nitrogens with zero attached hydrogens (tertiary/aromatic N) is 1. The van der Waals surface area contributed by atoms with E-state index in [2.05, 4.69) is 5.32 Å². The Morgan fingerprint density at radius 3 is 2.76 bits per heavy atom. The Balaban J connectivity index is 1.98. The van der Waals surface area contributed by atoms with Gasteiger partial charge in [-0.05, 0) is 36.8 Å². The molecule has 0 aliphatic carbocycles. The minimum absolute atomic E-state index is 0.157. The van der Waals surface area contributed by atoms with Crippen molar-refractivity contribution in [1.82, 2.24) is 4.90 Å². The number of nitrogens with one attached hydrogen (secondary N) is 1. The van der Waals surface area contributed by atoms with Gasteiger partial charge in [0.05, 0.1) is 12.8 Å². The zero-order chi connectivity index (χ0) is 15.4. The van der Waals surface area contributed by atoms with Crippen LogP contribution in [0.5, 0.6) is 0 Å². The number of carbonyl (C=O) groups excluding carboxylic acids is 2. The van der Waals surface area contributed by atoms with E-state index in [1.807, 2.05) is 0 Å². The molecule has 6 heteroatoms. The molecule has 0 aliphatic heterocycles. The molecule has 2 amide bonds. The lowest BCUT2D eigenvalue weighted by Gasteiger charge is -2.16. The fourth-order valence-electron chi connectivity index (χ4n) is 1.79. The molecule has 1 aromatic carbocycles. The van der Waals surface area contributed by atoms with Crippen LogP contribution in [0.2, 0.25) is 0 Å². The Morgan fingerprint density at radius 1 is 1.33 bits per heavy atom. The van der Waals surface area contributed by atoms with Crippen LogP contribution in [-0.2, 0) is 4.79 Å². The van der Waals surface area contributed by atoms with Gasteiger partial charge in [0.25, 0.3) is 5.91 Å². The van der Waals surface area contributed by atoms with Crippen LogP contribution in [0.1, 0.15) is 16.1 Å². The third-order valence-electron chi connectivity index (χ3n) is 2.93. The maximum absolute atomic E-state index is 13.1. The predicted molar refractivity (Wildman–Crippen MR) is 75.4 cm³/mol. The summed E-state index contributed by atoms with van der Waals surface area (Å²) in [4.78, 5) is 25.0. The normalized spacial score (nSPS) is 10.2. The minimum atomic E-state index is -0.434. The van der Waals surface area contributed by atoms with Crippen molar-refractivity contribution in [2.24, 2.45) is 0 Å². The summed E-state index contributed by atoms with van der Waals surface area (Å²) in [5, 5.41) is 2.58. The molecule has 0 fully saturated rings. The highest BCUT2D eigenvalue weighted by molar-refractivity contribution is 5.98. The number of rotatable bonds is 4. The van der Waals surface area contributed by atoms with E-state index in [0.717, 1.165) is 5.56 Å². The number of furan rings is 1. The number of carbonyl (C=O) groups is 2. The summed E-state index contributed by atoms with van der Waals surface area (Å²) in [6.45, 7) is 1.60. The summed E-state index contributed by atoms with van der Waals surface area (Å²) in [5.74, 6) is -1.08. The Labute approximate surface area is 121 Å². The van der Waals surface area contributed by atoms with Crippen LogP contribution in [0.4, 0.5) is 10.1 Å². The molecule has 0 saturated heterocycles. The van der Waals surface area contributed by atoms with E-state index in [1.165, 1.54) is 36.4 Å². The van der Waals surface area contributed by atoms with Gasteiger partial charge in [-0.2, -0.15) is 0 Å². The van der Waals surface area contributed by atoms with Crippen LogP contribution in [0.15, 0.2) is 41.0 Å². The Morgan fingerprint density at radius 2 is 2.10 bits per heavy atom. The van der Waals surface area contributed by atoms with E-state index >= 15 is 0 Å². The molecule has 0 spiro atoms. The van der Waals surface area contributed by atoms with Crippen molar-refractivity contribution in [3.8, 4) is 0 Å². The molecule has 1 heterocycles. The summed E-state index contributed by atoms with van der Waals surface area (Å²) in [7, 11) is 1.49. The number of halogens is 1. The second-order valence-corrected chi connectivity index (χ2v) is 4.65. The number of amides is 2. The SMILES string of the molecule is Cc1ccc(F)cc1NC(=O)CN(C)C(=O)c1ccco1. The molecule has 5 nitrogen and oxygen atoms in total. The quantitative estimate of drug-likeness (QED) is 0.940. The molecule has 0 atom stereocenters. The van der Waals surface area contributed by atoms with Crippen LogP contribution in [-0.4, -0.2) is 30.3 Å². The van der Waals surface area contributed by atoms with Crippen LogP contribution >= 0.6 is 0 Å². The molecule has 1 aromatic heterocycles. The maximum atomic E-state index is 13.1. The summed E-state index contributed by atoms with van der Waals surface area (Å²) in [6, 6.07) is 7.24. The Bertz CT molecular complexity index is 653. The standard InChI is InChI=1S/C15H15FN2O3/c1-10-5-6-11(16)8-12(10)17-14(19)9-18(2)15(20)13-4-3-7-21-13/h3-8H,9H2,1-2H3,(H,17,19). The van der Waals surface area contributed by atoms with Crippen molar-refractivity contribution >= 4 is 17.5 Å². The van der Waals surface area contributed by atoms with Crippen molar-refractivity contribution in [3.05, 3.63) is 53.7 Å². The number of aryl methyl sites for hydroxylation is 1. The van der Waals surface area contributed by atoms with Crippen molar-refractivity contribution in [3.63, 3.8) is 0 Å². The van der Waals surface area contributed by atoms with Gasteiger partial charge in [-0.1, -0.05) is 6.07 Å². The van der Waals surface area contributed by atoms with Crippen LogP contribution < -0.4 is 5.32 Å². The first-order chi connectivity index (χ1) is 9.97. The van der Waals surface area contributed by atoms with E-state index in [1.54, 1.807) is 19.1 Å². The molecule has 21 heavy (non-hydrogen) atoms. The van der Waals surface area contributed by atoms with Crippen LogP contribution in [0.3, 0.4) is 0 Å². The van der Waals surface area contributed by atoms with Gasteiger partial charge in [-0.25, -0.2) is 4.39 Å². The smallest absolute Gasteiger partial charge is 0.289 e. The number of hydrogen-bond donors (Lipinski definition) is 1. The van der Waals surface area contributed by atoms with E-state index in [4.69, 9.17) is 4.42 Å². The zero-order valence-electron chi connectivity index (χ0n) is 11.7. The van der Waals surface area contributed by atoms with Crippen molar-refractivity contribution in [2.45, 2.75) is 6.92 Å². The maximum Gasteiger partial charge on any atom is 0.289 e. The second kappa shape index (κ2) is 6.21. The molecule has 1 N–H and O–H groups in total. The molecular weight excluding hydrogens is 275 g/mol. The van der Waals surface area contributed by atoms with Crippen LogP contribution in [0, 0.1) is 12.7 Å².